The molecule has 0 spiro atoms. The van der Waals surface area contributed by atoms with Gasteiger partial charge in [0.1, 0.15) is 0 Å². The van der Waals surface area contributed by atoms with Gasteiger partial charge in [0.05, 0.1) is 26.4 Å². The SMILES string of the molecule is OCc1ccc2c3ccc(CO)c4c(CO)ccc(c5ccc(CO)c1c25)c43. The van der Waals surface area contributed by atoms with Crippen molar-refractivity contribution < 1.29 is 20.4 Å². The summed E-state index contributed by atoms with van der Waals surface area (Å²) in [6.07, 6.45) is 0. The zero-order valence-corrected chi connectivity index (χ0v) is 15.2. The third kappa shape index (κ3) is 2.14. The number of fused-ring (bicyclic) bond motifs is 2. The molecule has 4 heteroatoms. The second kappa shape index (κ2) is 6.40. The highest BCUT2D eigenvalue weighted by Gasteiger charge is 2.19. The Balaban J connectivity index is 2.14. The molecule has 0 saturated carbocycles. The maximum atomic E-state index is 9.88. The topological polar surface area (TPSA) is 80.9 Å². The first kappa shape index (κ1) is 17.3. The van der Waals surface area contributed by atoms with E-state index in [1.807, 2.05) is 48.5 Å². The molecule has 5 aromatic rings. The molecule has 0 fully saturated rings. The van der Waals surface area contributed by atoms with Crippen LogP contribution in [0, 0.1) is 0 Å². The van der Waals surface area contributed by atoms with Gasteiger partial charge in [-0.3, -0.25) is 0 Å². The smallest absolute Gasteiger partial charge is 0.0688 e. The van der Waals surface area contributed by atoms with Crippen LogP contribution in [0.25, 0.3) is 43.1 Å². The van der Waals surface area contributed by atoms with E-state index in [0.717, 1.165) is 65.3 Å². The second-order valence-corrected chi connectivity index (χ2v) is 7.22. The third-order valence-corrected chi connectivity index (χ3v) is 5.93. The predicted octanol–water partition coefficient (Wildman–Crippen LogP) is 3.71. The number of aliphatic hydroxyl groups is 4. The minimum atomic E-state index is -0.0948. The quantitative estimate of drug-likeness (QED) is 0.286. The van der Waals surface area contributed by atoms with Gasteiger partial charge < -0.3 is 20.4 Å². The molecule has 0 aliphatic heterocycles. The average molecular weight is 372 g/mol. The highest BCUT2D eigenvalue weighted by Crippen LogP contribution is 2.43. The van der Waals surface area contributed by atoms with Crippen LogP contribution < -0.4 is 0 Å². The molecular weight excluding hydrogens is 352 g/mol. The molecule has 0 radical (unpaired) electrons. The van der Waals surface area contributed by atoms with Gasteiger partial charge in [0, 0.05) is 0 Å². The molecule has 0 aliphatic rings. The Hall–Kier alpha value is -2.76. The van der Waals surface area contributed by atoms with Gasteiger partial charge in [-0.2, -0.15) is 0 Å². The van der Waals surface area contributed by atoms with Crippen LogP contribution in [0.5, 0.6) is 0 Å². The lowest BCUT2D eigenvalue weighted by molar-refractivity contribution is 0.278. The van der Waals surface area contributed by atoms with Crippen molar-refractivity contribution in [1.29, 1.82) is 0 Å². The number of aliphatic hydroxyl groups excluding tert-OH is 4. The molecule has 0 bridgehead atoms. The van der Waals surface area contributed by atoms with Crippen molar-refractivity contribution in [3.8, 4) is 0 Å². The molecular formula is C24H20O4. The summed E-state index contributed by atoms with van der Waals surface area (Å²) in [5.41, 5.74) is 3.18. The van der Waals surface area contributed by atoms with Crippen LogP contribution in [0.3, 0.4) is 0 Å². The highest BCUT2D eigenvalue weighted by molar-refractivity contribution is 6.34. The van der Waals surface area contributed by atoms with Gasteiger partial charge >= 0.3 is 0 Å². The molecule has 0 unspecified atom stereocenters. The van der Waals surface area contributed by atoms with Crippen LogP contribution in [0.1, 0.15) is 22.3 Å². The molecule has 5 aromatic carbocycles. The first-order valence-electron chi connectivity index (χ1n) is 9.32. The van der Waals surface area contributed by atoms with Crippen LogP contribution in [0.15, 0.2) is 48.5 Å². The summed E-state index contributed by atoms with van der Waals surface area (Å²) in [5, 5.41) is 47.5. The molecule has 140 valence electrons. The zero-order valence-electron chi connectivity index (χ0n) is 15.2. The van der Waals surface area contributed by atoms with Crippen molar-refractivity contribution in [2.75, 3.05) is 0 Å². The molecule has 4 N–H and O–H groups in total. The van der Waals surface area contributed by atoms with Crippen LogP contribution in [0.4, 0.5) is 0 Å². The fourth-order valence-corrected chi connectivity index (χ4v) is 4.71. The van der Waals surface area contributed by atoms with Gasteiger partial charge in [0.15, 0.2) is 0 Å². The fraction of sp³-hybridized carbons (Fsp3) is 0.167. The van der Waals surface area contributed by atoms with E-state index in [9.17, 15) is 20.4 Å². The van der Waals surface area contributed by atoms with E-state index in [1.165, 1.54) is 0 Å². The van der Waals surface area contributed by atoms with Gasteiger partial charge in [-0.1, -0.05) is 48.5 Å². The van der Waals surface area contributed by atoms with E-state index < -0.39 is 0 Å². The van der Waals surface area contributed by atoms with Crippen LogP contribution in [-0.2, 0) is 26.4 Å². The summed E-state index contributed by atoms with van der Waals surface area (Å²) in [4.78, 5) is 0. The molecule has 0 amide bonds. The molecule has 0 aromatic heterocycles. The minimum absolute atomic E-state index is 0.0948. The molecule has 5 rings (SSSR count). The van der Waals surface area contributed by atoms with E-state index in [0.29, 0.717) is 0 Å². The summed E-state index contributed by atoms with van der Waals surface area (Å²) in [5.74, 6) is 0. The molecule has 0 atom stereocenters. The Bertz CT molecular complexity index is 1150. The van der Waals surface area contributed by atoms with Crippen LogP contribution in [-0.4, -0.2) is 20.4 Å². The number of hydrogen-bond donors (Lipinski definition) is 4. The molecule has 0 saturated heterocycles. The average Bonchev–Trinajstić information content (AvgIpc) is 2.76. The monoisotopic (exact) mass is 372 g/mol. The Labute approximate surface area is 161 Å². The normalized spacial score (nSPS) is 12.1. The highest BCUT2D eigenvalue weighted by atomic mass is 16.3. The molecule has 4 nitrogen and oxygen atoms in total. The Morgan fingerprint density at radius 1 is 0.357 bits per heavy atom. The summed E-state index contributed by atoms with van der Waals surface area (Å²) in [6.45, 7) is -0.379. The Kier molecular flexibility index (Phi) is 3.96. The standard InChI is InChI=1S/C24H20O4/c25-9-13-1-5-17-18-6-3-15(11-27)22-16(12-28)4-8-20(24(18)22)19-7-2-14(10-26)21(13)23(17)19/h1-8,25-28H,9-12H2. The van der Waals surface area contributed by atoms with Gasteiger partial charge in [-0.25, -0.2) is 0 Å². The summed E-state index contributed by atoms with van der Waals surface area (Å²) in [7, 11) is 0. The van der Waals surface area contributed by atoms with Crippen molar-refractivity contribution in [1.82, 2.24) is 0 Å². The van der Waals surface area contributed by atoms with Crippen LogP contribution >= 0.6 is 0 Å². The third-order valence-electron chi connectivity index (χ3n) is 5.93. The predicted molar refractivity (Wildman–Crippen MR) is 111 cm³/mol. The van der Waals surface area contributed by atoms with Crippen LogP contribution in [0.2, 0.25) is 0 Å². The number of hydrogen-bond acceptors (Lipinski definition) is 4. The van der Waals surface area contributed by atoms with Crippen molar-refractivity contribution in [3.63, 3.8) is 0 Å². The lowest BCUT2D eigenvalue weighted by Crippen LogP contribution is -1.98. The lowest BCUT2D eigenvalue weighted by Gasteiger charge is -2.20. The molecule has 0 heterocycles. The van der Waals surface area contributed by atoms with E-state index in [-0.39, 0.29) is 26.4 Å². The molecule has 0 aliphatic carbocycles. The first-order valence-corrected chi connectivity index (χ1v) is 9.32. The largest absolute Gasteiger partial charge is 0.392 e. The maximum absolute atomic E-state index is 9.88. The van der Waals surface area contributed by atoms with E-state index in [4.69, 9.17) is 0 Å². The van der Waals surface area contributed by atoms with Crippen molar-refractivity contribution in [2.24, 2.45) is 0 Å². The first-order chi connectivity index (χ1) is 13.7. The molecule has 28 heavy (non-hydrogen) atoms. The van der Waals surface area contributed by atoms with Gasteiger partial charge in [0.2, 0.25) is 0 Å². The second-order valence-electron chi connectivity index (χ2n) is 7.22. The number of rotatable bonds is 4. The van der Waals surface area contributed by atoms with Gasteiger partial charge in [0.25, 0.3) is 0 Å². The van der Waals surface area contributed by atoms with E-state index in [2.05, 4.69) is 0 Å². The lowest BCUT2D eigenvalue weighted by atomic mass is 9.84. The number of benzene rings is 5. The Morgan fingerprint density at radius 2 is 0.607 bits per heavy atom. The van der Waals surface area contributed by atoms with Crippen molar-refractivity contribution in [3.05, 3.63) is 70.8 Å². The fourth-order valence-electron chi connectivity index (χ4n) is 4.71. The van der Waals surface area contributed by atoms with Crippen molar-refractivity contribution in [2.45, 2.75) is 26.4 Å². The maximum Gasteiger partial charge on any atom is 0.0688 e. The Morgan fingerprint density at radius 3 is 0.821 bits per heavy atom. The zero-order chi connectivity index (χ0) is 19.4. The van der Waals surface area contributed by atoms with Gasteiger partial charge in [-0.15, -0.1) is 0 Å². The van der Waals surface area contributed by atoms with E-state index in [1.54, 1.807) is 0 Å². The van der Waals surface area contributed by atoms with E-state index >= 15 is 0 Å². The minimum Gasteiger partial charge on any atom is -0.392 e. The summed E-state index contributed by atoms with van der Waals surface area (Å²) in [6, 6.07) is 15.7. The van der Waals surface area contributed by atoms with Gasteiger partial charge in [-0.05, 0) is 65.3 Å². The summed E-state index contributed by atoms with van der Waals surface area (Å²) >= 11 is 0. The van der Waals surface area contributed by atoms with Crippen molar-refractivity contribution >= 4 is 43.1 Å². The summed E-state index contributed by atoms with van der Waals surface area (Å²) < 4.78 is 0.